The second kappa shape index (κ2) is 5.60. The van der Waals surface area contributed by atoms with E-state index in [2.05, 4.69) is 27.8 Å². The van der Waals surface area contributed by atoms with Gasteiger partial charge in [0, 0.05) is 17.7 Å². The Morgan fingerprint density at radius 1 is 1.04 bits per heavy atom. The molecule has 1 aromatic heterocycles. The molecule has 0 atom stereocenters. The van der Waals surface area contributed by atoms with Gasteiger partial charge in [-0.05, 0) is 24.1 Å². The van der Waals surface area contributed by atoms with Crippen molar-refractivity contribution in [2.75, 3.05) is 20.0 Å². The molecule has 0 saturated carbocycles. The predicted octanol–water partition coefficient (Wildman–Crippen LogP) is 3.37. The third kappa shape index (κ3) is 2.12. The molecule has 3 aromatic rings. The Morgan fingerprint density at radius 2 is 1.75 bits per heavy atom. The summed E-state index contributed by atoms with van der Waals surface area (Å²) in [7, 11) is 3.31. The van der Waals surface area contributed by atoms with Gasteiger partial charge < -0.3 is 19.8 Å². The number of imidazole rings is 1. The Bertz CT molecular complexity index is 901. The first-order chi connectivity index (χ1) is 11.7. The van der Waals surface area contributed by atoms with Crippen molar-refractivity contribution in [3.8, 4) is 34.0 Å². The summed E-state index contributed by atoms with van der Waals surface area (Å²) in [4.78, 5) is 4.63. The van der Waals surface area contributed by atoms with Crippen molar-refractivity contribution in [3.63, 3.8) is 0 Å². The maximum absolute atomic E-state index is 6.18. The largest absolute Gasteiger partial charge is 0.493 e. The van der Waals surface area contributed by atoms with Gasteiger partial charge in [-0.15, -0.1) is 0 Å². The van der Waals surface area contributed by atoms with Crippen LogP contribution in [0, 0.1) is 0 Å². The van der Waals surface area contributed by atoms with E-state index in [1.807, 2.05) is 24.3 Å². The lowest BCUT2D eigenvalue weighted by atomic mass is 9.94. The van der Waals surface area contributed by atoms with Gasteiger partial charge in [0.05, 0.1) is 25.6 Å². The number of benzene rings is 2. The number of hydrogen-bond donors (Lipinski definition) is 1. The minimum absolute atomic E-state index is 0.546. The number of nitrogens with zero attached hydrogens (tertiary/aromatic N) is 2. The average Bonchev–Trinajstić information content (AvgIpc) is 2.98. The molecule has 0 spiro atoms. The predicted molar refractivity (Wildman–Crippen MR) is 94.3 cm³/mol. The number of nitrogen functional groups attached to an aromatic ring is 1. The Hall–Kier alpha value is -2.95. The number of rotatable bonds is 3. The molecule has 2 aromatic carbocycles. The van der Waals surface area contributed by atoms with E-state index in [0.29, 0.717) is 11.7 Å². The Morgan fingerprint density at radius 3 is 2.46 bits per heavy atom. The van der Waals surface area contributed by atoms with Crippen LogP contribution in [0.1, 0.15) is 5.56 Å². The number of fused-ring (bicyclic) bond motifs is 3. The minimum atomic E-state index is 0.546. The van der Waals surface area contributed by atoms with E-state index in [4.69, 9.17) is 15.2 Å². The summed E-state index contributed by atoms with van der Waals surface area (Å²) in [6.45, 7) is 0.809. The SMILES string of the molecule is COc1cc2c(cc1OC)-c1c(-c3ccccc3)nc(N)n1CC2. The van der Waals surface area contributed by atoms with Gasteiger partial charge in [-0.3, -0.25) is 0 Å². The van der Waals surface area contributed by atoms with Gasteiger partial charge in [0.2, 0.25) is 5.95 Å². The summed E-state index contributed by atoms with van der Waals surface area (Å²) in [5, 5.41) is 0. The summed E-state index contributed by atoms with van der Waals surface area (Å²) < 4.78 is 13.0. The highest BCUT2D eigenvalue weighted by Gasteiger charge is 2.26. The van der Waals surface area contributed by atoms with Crippen molar-refractivity contribution in [3.05, 3.63) is 48.0 Å². The lowest BCUT2D eigenvalue weighted by molar-refractivity contribution is 0.354. The quantitative estimate of drug-likeness (QED) is 0.803. The van der Waals surface area contributed by atoms with Gasteiger partial charge in [0.1, 0.15) is 0 Å². The lowest BCUT2D eigenvalue weighted by Crippen LogP contribution is -2.13. The first-order valence-electron chi connectivity index (χ1n) is 7.89. The molecule has 122 valence electrons. The van der Waals surface area contributed by atoms with E-state index in [0.717, 1.165) is 41.2 Å². The van der Waals surface area contributed by atoms with Gasteiger partial charge in [-0.2, -0.15) is 0 Å². The molecule has 1 aliphatic rings. The van der Waals surface area contributed by atoms with Crippen molar-refractivity contribution >= 4 is 5.95 Å². The van der Waals surface area contributed by atoms with Crippen molar-refractivity contribution in [1.29, 1.82) is 0 Å². The number of nitrogens with two attached hydrogens (primary N) is 1. The van der Waals surface area contributed by atoms with Crippen molar-refractivity contribution in [1.82, 2.24) is 9.55 Å². The van der Waals surface area contributed by atoms with Gasteiger partial charge in [0.25, 0.3) is 0 Å². The lowest BCUT2D eigenvalue weighted by Gasteiger charge is -2.22. The second-order valence-electron chi connectivity index (χ2n) is 5.80. The third-order valence-electron chi connectivity index (χ3n) is 4.51. The van der Waals surface area contributed by atoms with E-state index in [1.54, 1.807) is 14.2 Å². The van der Waals surface area contributed by atoms with E-state index >= 15 is 0 Å². The Balaban J connectivity index is 1.98. The van der Waals surface area contributed by atoms with Crippen LogP contribution in [0.5, 0.6) is 11.5 Å². The fourth-order valence-electron chi connectivity index (χ4n) is 3.35. The summed E-state index contributed by atoms with van der Waals surface area (Å²) in [5.41, 5.74) is 11.5. The summed E-state index contributed by atoms with van der Waals surface area (Å²) >= 11 is 0. The van der Waals surface area contributed by atoms with E-state index in [1.165, 1.54) is 5.56 Å². The fourth-order valence-corrected chi connectivity index (χ4v) is 3.35. The van der Waals surface area contributed by atoms with Crippen LogP contribution in [0.25, 0.3) is 22.5 Å². The average molecular weight is 321 g/mol. The number of ether oxygens (including phenoxy) is 2. The highest BCUT2D eigenvalue weighted by Crippen LogP contribution is 2.43. The normalized spacial score (nSPS) is 12.4. The fraction of sp³-hybridized carbons (Fsp3) is 0.211. The molecule has 0 fully saturated rings. The minimum Gasteiger partial charge on any atom is -0.493 e. The van der Waals surface area contributed by atoms with Crippen LogP contribution in [0.2, 0.25) is 0 Å². The molecule has 1 aliphatic heterocycles. The topological polar surface area (TPSA) is 62.3 Å². The molecule has 24 heavy (non-hydrogen) atoms. The molecular formula is C19H19N3O2. The molecule has 0 radical (unpaired) electrons. The standard InChI is InChI=1S/C19H19N3O2/c1-23-15-10-13-8-9-22-18(14(13)11-16(15)24-2)17(21-19(22)20)12-6-4-3-5-7-12/h3-7,10-11H,8-9H2,1-2H3,(H2,20,21). The smallest absolute Gasteiger partial charge is 0.201 e. The van der Waals surface area contributed by atoms with Gasteiger partial charge in [0.15, 0.2) is 11.5 Å². The van der Waals surface area contributed by atoms with Crippen molar-refractivity contribution in [2.24, 2.45) is 0 Å². The maximum atomic E-state index is 6.18. The van der Waals surface area contributed by atoms with Crippen LogP contribution in [0.15, 0.2) is 42.5 Å². The second-order valence-corrected chi connectivity index (χ2v) is 5.80. The monoisotopic (exact) mass is 321 g/mol. The maximum Gasteiger partial charge on any atom is 0.201 e. The molecule has 5 heteroatoms. The highest BCUT2D eigenvalue weighted by molar-refractivity contribution is 5.84. The zero-order valence-corrected chi connectivity index (χ0v) is 13.7. The number of aryl methyl sites for hydroxylation is 1. The van der Waals surface area contributed by atoms with Crippen LogP contribution in [-0.4, -0.2) is 23.8 Å². The van der Waals surface area contributed by atoms with Crippen LogP contribution in [0.3, 0.4) is 0 Å². The molecule has 0 saturated heterocycles. The molecule has 0 bridgehead atoms. The first kappa shape index (κ1) is 14.6. The van der Waals surface area contributed by atoms with Gasteiger partial charge in [-0.25, -0.2) is 4.98 Å². The van der Waals surface area contributed by atoms with E-state index < -0.39 is 0 Å². The highest BCUT2D eigenvalue weighted by atomic mass is 16.5. The van der Waals surface area contributed by atoms with Gasteiger partial charge >= 0.3 is 0 Å². The van der Waals surface area contributed by atoms with Crippen molar-refractivity contribution in [2.45, 2.75) is 13.0 Å². The Labute approximate surface area is 140 Å². The van der Waals surface area contributed by atoms with Crippen molar-refractivity contribution < 1.29 is 9.47 Å². The number of methoxy groups -OCH3 is 2. The third-order valence-corrected chi connectivity index (χ3v) is 4.51. The van der Waals surface area contributed by atoms with Crippen LogP contribution in [0.4, 0.5) is 5.95 Å². The molecule has 5 nitrogen and oxygen atoms in total. The molecule has 0 amide bonds. The van der Waals surface area contributed by atoms with E-state index in [-0.39, 0.29) is 0 Å². The summed E-state index contributed by atoms with van der Waals surface area (Å²) in [5.74, 6) is 2.01. The summed E-state index contributed by atoms with van der Waals surface area (Å²) in [6.07, 6.45) is 0.886. The van der Waals surface area contributed by atoms with Crippen LogP contribution >= 0.6 is 0 Å². The molecule has 2 N–H and O–H groups in total. The number of aromatic nitrogens is 2. The molecular weight excluding hydrogens is 302 g/mol. The Kier molecular flexibility index (Phi) is 3.41. The van der Waals surface area contributed by atoms with Crippen LogP contribution in [-0.2, 0) is 13.0 Å². The zero-order valence-electron chi connectivity index (χ0n) is 13.7. The molecule has 2 heterocycles. The summed E-state index contributed by atoms with van der Waals surface area (Å²) in [6, 6.07) is 14.2. The molecule has 0 aliphatic carbocycles. The molecule has 0 unspecified atom stereocenters. The van der Waals surface area contributed by atoms with E-state index in [9.17, 15) is 0 Å². The van der Waals surface area contributed by atoms with Gasteiger partial charge in [-0.1, -0.05) is 30.3 Å². The molecule has 4 rings (SSSR count). The number of anilines is 1. The van der Waals surface area contributed by atoms with Crippen LogP contribution < -0.4 is 15.2 Å². The zero-order chi connectivity index (χ0) is 16.7. The first-order valence-corrected chi connectivity index (χ1v) is 7.89. The number of hydrogen-bond acceptors (Lipinski definition) is 4.